The molecular weight excluding hydrogens is 344 g/mol. The summed E-state index contributed by atoms with van der Waals surface area (Å²) in [6.45, 7) is 0. The van der Waals surface area contributed by atoms with Crippen molar-refractivity contribution >= 4 is 16.9 Å². The van der Waals surface area contributed by atoms with Crippen LogP contribution < -0.4 is 10.5 Å². The Hall–Kier alpha value is -2.08. The number of rotatable bonds is 1. The lowest BCUT2D eigenvalue weighted by Crippen LogP contribution is -2.50. The zero-order valence-electron chi connectivity index (χ0n) is 14.6. The number of aliphatic imine (C=N–C) groups is 1. The second kappa shape index (κ2) is 6.27. The number of thioether (sulfide) groups is 1. The average Bonchev–Trinajstić information content (AvgIpc) is 2.69. The fourth-order valence-electron chi connectivity index (χ4n) is 4.81. The van der Waals surface area contributed by atoms with Gasteiger partial charge in [0.25, 0.3) is 0 Å². The van der Waals surface area contributed by atoms with Crippen LogP contribution in [0.25, 0.3) is 11.1 Å². The molecule has 0 radical (unpaired) electrons. The lowest BCUT2D eigenvalue weighted by molar-refractivity contribution is 0.0158. The van der Waals surface area contributed by atoms with E-state index in [1.807, 2.05) is 12.4 Å². The van der Waals surface area contributed by atoms with Gasteiger partial charge in [-0.2, -0.15) is 0 Å². The van der Waals surface area contributed by atoms with E-state index in [0.29, 0.717) is 11.1 Å². The van der Waals surface area contributed by atoms with Crippen molar-refractivity contribution in [2.45, 2.75) is 43.7 Å². The van der Waals surface area contributed by atoms with Gasteiger partial charge in [0, 0.05) is 35.2 Å². The first-order chi connectivity index (χ1) is 12.8. The van der Waals surface area contributed by atoms with Crippen LogP contribution in [0, 0.1) is 5.92 Å². The molecule has 1 fully saturated rings. The molecule has 2 N–H and O–H groups in total. The number of ether oxygens (including phenoxy) is 1. The van der Waals surface area contributed by atoms with Crippen molar-refractivity contribution in [2.24, 2.45) is 16.6 Å². The largest absolute Gasteiger partial charge is 0.490 e. The van der Waals surface area contributed by atoms with Crippen LogP contribution in [0.1, 0.15) is 37.7 Å². The molecule has 3 aliphatic rings. The molecular formula is C20H22N4OS. The van der Waals surface area contributed by atoms with Crippen LogP contribution in [0.4, 0.5) is 0 Å². The van der Waals surface area contributed by atoms with Crippen LogP contribution >= 0.6 is 11.8 Å². The molecule has 3 heterocycles. The van der Waals surface area contributed by atoms with Crippen molar-refractivity contribution in [3.05, 3.63) is 42.5 Å². The minimum absolute atomic E-state index is 0.250. The number of amidine groups is 1. The van der Waals surface area contributed by atoms with Crippen molar-refractivity contribution in [3.8, 4) is 16.9 Å². The molecule has 5 rings (SSSR count). The van der Waals surface area contributed by atoms with Gasteiger partial charge in [-0.3, -0.25) is 4.99 Å². The topological polar surface area (TPSA) is 73.4 Å². The highest BCUT2D eigenvalue weighted by Crippen LogP contribution is 2.54. The fourth-order valence-corrected chi connectivity index (χ4v) is 5.65. The Labute approximate surface area is 157 Å². The van der Waals surface area contributed by atoms with Gasteiger partial charge in [0.1, 0.15) is 18.2 Å². The number of hydrogen-bond donors (Lipinski definition) is 1. The van der Waals surface area contributed by atoms with E-state index in [2.05, 4.69) is 28.2 Å². The molecule has 5 nitrogen and oxygen atoms in total. The van der Waals surface area contributed by atoms with Gasteiger partial charge >= 0.3 is 0 Å². The molecule has 3 atom stereocenters. The molecule has 1 aromatic heterocycles. The van der Waals surface area contributed by atoms with Crippen molar-refractivity contribution < 1.29 is 4.74 Å². The van der Waals surface area contributed by atoms with Crippen LogP contribution in [0.15, 0.2) is 41.9 Å². The molecule has 1 aromatic carbocycles. The summed E-state index contributed by atoms with van der Waals surface area (Å²) in [5, 5.41) is 0.710. The summed E-state index contributed by atoms with van der Waals surface area (Å²) >= 11 is 1.67. The third-order valence-corrected chi connectivity index (χ3v) is 6.77. The van der Waals surface area contributed by atoms with E-state index in [-0.39, 0.29) is 11.6 Å². The summed E-state index contributed by atoms with van der Waals surface area (Å²) in [5.74, 6) is 2.39. The SMILES string of the molecule is NC1=NC2(CCS1)c1cc(-c3cncnc3)ccc1O[C@H]1CCCC[C@@H]12. The second-order valence-corrected chi connectivity index (χ2v) is 8.47. The first kappa shape index (κ1) is 16.1. The van der Waals surface area contributed by atoms with Crippen molar-refractivity contribution in [2.75, 3.05) is 5.75 Å². The number of aromatic nitrogens is 2. The normalized spacial score (nSPS) is 30.1. The zero-order chi connectivity index (χ0) is 17.6. The van der Waals surface area contributed by atoms with Crippen molar-refractivity contribution in [3.63, 3.8) is 0 Å². The number of benzene rings is 1. The quantitative estimate of drug-likeness (QED) is 0.832. The predicted octanol–water partition coefficient (Wildman–Crippen LogP) is 3.74. The van der Waals surface area contributed by atoms with Gasteiger partial charge in [-0.25, -0.2) is 9.97 Å². The summed E-state index contributed by atoms with van der Waals surface area (Å²) in [7, 11) is 0. The monoisotopic (exact) mass is 366 g/mol. The minimum atomic E-state index is -0.250. The average molecular weight is 366 g/mol. The Morgan fingerprint density at radius 1 is 1.12 bits per heavy atom. The van der Waals surface area contributed by atoms with E-state index < -0.39 is 0 Å². The van der Waals surface area contributed by atoms with Gasteiger partial charge in [-0.05, 0) is 43.4 Å². The predicted molar refractivity (Wildman–Crippen MR) is 104 cm³/mol. The van der Waals surface area contributed by atoms with E-state index in [4.69, 9.17) is 15.5 Å². The molecule has 6 heteroatoms. The third-order valence-electron chi connectivity index (χ3n) is 5.98. The highest BCUT2D eigenvalue weighted by atomic mass is 32.2. The van der Waals surface area contributed by atoms with Gasteiger partial charge in [0.2, 0.25) is 0 Å². The first-order valence-corrected chi connectivity index (χ1v) is 10.3. The Kier molecular flexibility index (Phi) is 3.89. The smallest absolute Gasteiger partial charge is 0.154 e. The van der Waals surface area contributed by atoms with Gasteiger partial charge < -0.3 is 10.5 Å². The number of nitrogens with zero attached hydrogens (tertiary/aromatic N) is 3. The van der Waals surface area contributed by atoms with E-state index in [1.165, 1.54) is 18.4 Å². The number of hydrogen-bond acceptors (Lipinski definition) is 6. The van der Waals surface area contributed by atoms with E-state index in [9.17, 15) is 0 Å². The van der Waals surface area contributed by atoms with E-state index in [0.717, 1.165) is 41.9 Å². The van der Waals surface area contributed by atoms with Crippen LogP contribution in [0.2, 0.25) is 0 Å². The van der Waals surface area contributed by atoms with Gasteiger partial charge in [-0.1, -0.05) is 24.2 Å². The summed E-state index contributed by atoms with van der Waals surface area (Å²) in [5.41, 5.74) is 9.27. The summed E-state index contributed by atoms with van der Waals surface area (Å²) in [4.78, 5) is 13.4. The minimum Gasteiger partial charge on any atom is -0.490 e. The zero-order valence-corrected chi connectivity index (χ0v) is 15.4. The number of nitrogens with two attached hydrogens (primary N) is 1. The van der Waals surface area contributed by atoms with Gasteiger partial charge in [0.05, 0.1) is 5.54 Å². The first-order valence-electron chi connectivity index (χ1n) is 9.31. The van der Waals surface area contributed by atoms with Gasteiger partial charge in [-0.15, -0.1) is 0 Å². The molecule has 2 aliphatic heterocycles. The molecule has 26 heavy (non-hydrogen) atoms. The van der Waals surface area contributed by atoms with E-state index >= 15 is 0 Å². The molecule has 0 saturated heterocycles. The van der Waals surface area contributed by atoms with Crippen LogP contribution in [0.3, 0.4) is 0 Å². The Morgan fingerprint density at radius 2 is 1.96 bits per heavy atom. The van der Waals surface area contributed by atoms with E-state index in [1.54, 1.807) is 18.1 Å². The molecule has 1 spiro atoms. The standard InChI is InChI=1S/C20H22N4OS/c21-19-24-20(7-8-26-19)15-3-1-2-4-17(15)25-18-6-5-13(9-16(18)20)14-10-22-12-23-11-14/h5-6,9-12,15,17H,1-4,7-8H2,(H2,21,24)/t15-,17-,20?/m0/s1. The Morgan fingerprint density at radius 3 is 2.81 bits per heavy atom. The fraction of sp³-hybridized carbons (Fsp3) is 0.450. The van der Waals surface area contributed by atoms with Crippen molar-refractivity contribution in [1.82, 2.24) is 9.97 Å². The maximum atomic E-state index is 6.44. The molecule has 1 unspecified atom stereocenters. The summed E-state index contributed by atoms with van der Waals surface area (Å²) in [6.07, 6.45) is 11.3. The number of fused-ring (bicyclic) bond motifs is 4. The van der Waals surface area contributed by atoms with Crippen LogP contribution in [-0.2, 0) is 5.54 Å². The molecule has 1 saturated carbocycles. The maximum absolute atomic E-state index is 6.44. The Bertz CT molecular complexity index is 856. The van der Waals surface area contributed by atoms with Crippen LogP contribution in [0.5, 0.6) is 5.75 Å². The maximum Gasteiger partial charge on any atom is 0.154 e. The molecule has 0 amide bonds. The third kappa shape index (κ3) is 2.50. The van der Waals surface area contributed by atoms with Crippen molar-refractivity contribution in [1.29, 1.82) is 0 Å². The lowest BCUT2D eigenvalue weighted by atomic mass is 9.66. The summed E-state index contributed by atoms with van der Waals surface area (Å²) < 4.78 is 6.44. The second-order valence-electron chi connectivity index (χ2n) is 7.36. The highest BCUT2D eigenvalue weighted by molar-refractivity contribution is 8.13. The molecule has 2 aromatic rings. The molecule has 134 valence electrons. The highest BCUT2D eigenvalue weighted by Gasteiger charge is 2.51. The molecule has 0 bridgehead atoms. The van der Waals surface area contributed by atoms with Crippen LogP contribution in [-0.4, -0.2) is 27.0 Å². The lowest BCUT2D eigenvalue weighted by Gasteiger charge is -2.50. The Balaban J connectivity index is 1.69. The molecule has 1 aliphatic carbocycles. The van der Waals surface area contributed by atoms with Gasteiger partial charge in [0.15, 0.2) is 5.17 Å². The summed E-state index contributed by atoms with van der Waals surface area (Å²) in [6, 6.07) is 6.42.